The number of nitrogens with zero attached hydrogens (tertiary/aromatic N) is 2. The maximum Gasteiger partial charge on any atom is 0.293 e. The van der Waals surface area contributed by atoms with Crippen LogP contribution < -0.4 is 14.8 Å². The minimum absolute atomic E-state index is 0.215. The third-order valence-corrected chi connectivity index (χ3v) is 5.54. The topological polar surface area (TPSA) is 79.5 Å². The third kappa shape index (κ3) is 5.48. The van der Waals surface area contributed by atoms with Crippen molar-refractivity contribution in [3.63, 3.8) is 0 Å². The van der Waals surface area contributed by atoms with E-state index in [2.05, 4.69) is 15.3 Å². The molecule has 0 aliphatic carbocycles. The normalized spacial score (nSPS) is 10.6. The number of carbonyl (C=O) groups is 1. The number of hydrogen-bond donors (Lipinski definition) is 2. The minimum Gasteiger partial charge on any atom is -0.497 e. The van der Waals surface area contributed by atoms with E-state index in [0.717, 1.165) is 33.7 Å². The van der Waals surface area contributed by atoms with E-state index in [1.807, 2.05) is 77.7 Å². The number of hydrogen-bond acceptors (Lipinski definition) is 5. The Hall–Kier alpha value is -3.91. The van der Waals surface area contributed by atoms with Crippen molar-refractivity contribution in [2.75, 3.05) is 14.2 Å². The maximum atomic E-state index is 12.8. The summed E-state index contributed by atoms with van der Waals surface area (Å²) in [6.45, 7) is 1.02. The predicted octanol–water partition coefficient (Wildman–Crippen LogP) is 4.30. The number of thiocarbonyl (C=S) groups is 1. The molecular formula is C25H24N4O3S. The van der Waals surface area contributed by atoms with Crippen LogP contribution in [0.3, 0.4) is 0 Å². The molecule has 3 aromatic carbocycles. The predicted molar refractivity (Wildman–Crippen MR) is 131 cm³/mol. The molecule has 168 valence electrons. The Morgan fingerprint density at radius 2 is 1.45 bits per heavy atom. The van der Waals surface area contributed by atoms with Crippen molar-refractivity contribution in [2.24, 2.45) is 0 Å². The molecule has 7 nitrogen and oxygen atoms in total. The zero-order valence-corrected chi connectivity index (χ0v) is 19.2. The molecule has 8 heteroatoms. The summed E-state index contributed by atoms with van der Waals surface area (Å²) in [5.41, 5.74) is 3.58. The molecule has 0 fully saturated rings. The first-order valence-electron chi connectivity index (χ1n) is 10.4. The van der Waals surface area contributed by atoms with Crippen LogP contribution in [0.5, 0.6) is 11.5 Å². The number of fused-ring (bicyclic) bond motifs is 1. The molecule has 4 aromatic rings. The highest BCUT2D eigenvalue weighted by Gasteiger charge is 2.18. The summed E-state index contributed by atoms with van der Waals surface area (Å²) in [4.78, 5) is 22.2. The standard InChI is InChI=1S/C25H24N4O3S/c1-31-19-11-7-17(8-12-19)15-29(16-18-9-13-20(32-2)14-10-18)25(33)28-24(30)23-26-21-5-3-4-6-22(21)27-23/h3-14H,15-16H2,1-2H3,(H,26,27)(H,28,30,33). The highest BCUT2D eigenvalue weighted by Crippen LogP contribution is 2.17. The lowest BCUT2D eigenvalue weighted by molar-refractivity contribution is 0.0963. The highest BCUT2D eigenvalue weighted by atomic mass is 32.1. The Labute approximate surface area is 197 Å². The molecular weight excluding hydrogens is 436 g/mol. The van der Waals surface area contributed by atoms with Crippen LogP contribution in [0.1, 0.15) is 21.7 Å². The first-order chi connectivity index (χ1) is 16.1. The molecule has 0 bridgehead atoms. The van der Waals surface area contributed by atoms with Crippen LogP contribution in [-0.4, -0.2) is 40.1 Å². The molecule has 0 radical (unpaired) electrons. The van der Waals surface area contributed by atoms with Crippen LogP contribution in [0.25, 0.3) is 11.0 Å². The maximum absolute atomic E-state index is 12.8. The smallest absolute Gasteiger partial charge is 0.293 e. The van der Waals surface area contributed by atoms with Crippen molar-refractivity contribution in [2.45, 2.75) is 13.1 Å². The van der Waals surface area contributed by atoms with Crippen molar-refractivity contribution in [1.82, 2.24) is 20.2 Å². The van der Waals surface area contributed by atoms with Gasteiger partial charge in [-0.25, -0.2) is 4.98 Å². The van der Waals surface area contributed by atoms with Crippen LogP contribution in [0.15, 0.2) is 72.8 Å². The van der Waals surface area contributed by atoms with E-state index in [1.54, 1.807) is 14.2 Å². The fourth-order valence-corrected chi connectivity index (χ4v) is 3.62. The monoisotopic (exact) mass is 460 g/mol. The van der Waals surface area contributed by atoms with Gasteiger partial charge in [0.15, 0.2) is 10.9 Å². The fourth-order valence-electron chi connectivity index (χ4n) is 3.40. The molecule has 0 aliphatic rings. The molecule has 0 unspecified atom stereocenters. The van der Waals surface area contributed by atoms with Crippen molar-refractivity contribution >= 4 is 34.3 Å². The van der Waals surface area contributed by atoms with E-state index in [-0.39, 0.29) is 11.7 Å². The van der Waals surface area contributed by atoms with Gasteiger partial charge in [-0.05, 0) is 59.7 Å². The van der Waals surface area contributed by atoms with Crippen molar-refractivity contribution < 1.29 is 14.3 Å². The molecule has 0 atom stereocenters. The first-order valence-corrected chi connectivity index (χ1v) is 10.8. The van der Waals surface area contributed by atoms with Crippen LogP contribution in [-0.2, 0) is 13.1 Å². The molecule has 0 saturated carbocycles. The summed E-state index contributed by atoms with van der Waals surface area (Å²) in [6.07, 6.45) is 0. The molecule has 0 aliphatic heterocycles. The van der Waals surface area contributed by atoms with Gasteiger partial charge in [0.1, 0.15) is 11.5 Å². The van der Waals surface area contributed by atoms with Gasteiger partial charge >= 0.3 is 0 Å². The second-order valence-electron chi connectivity index (χ2n) is 7.41. The number of nitrogens with one attached hydrogen (secondary N) is 2. The molecule has 1 heterocycles. The Bertz CT molecular complexity index is 1170. The Kier molecular flexibility index (Phi) is 6.85. The number of carbonyl (C=O) groups excluding carboxylic acids is 1. The first kappa shape index (κ1) is 22.3. The van der Waals surface area contributed by atoms with Crippen LogP contribution >= 0.6 is 12.2 Å². The van der Waals surface area contributed by atoms with Crippen LogP contribution in [0.4, 0.5) is 0 Å². The summed E-state index contributed by atoms with van der Waals surface area (Å²) in [5, 5.41) is 3.13. The molecule has 33 heavy (non-hydrogen) atoms. The average Bonchev–Trinajstić information content (AvgIpc) is 3.29. The summed E-state index contributed by atoms with van der Waals surface area (Å²) < 4.78 is 10.5. The van der Waals surface area contributed by atoms with Gasteiger partial charge in [0.2, 0.25) is 0 Å². The minimum atomic E-state index is -0.384. The molecule has 4 rings (SSSR count). The average molecular weight is 461 g/mol. The zero-order chi connectivity index (χ0) is 23.2. The van der Waals surface area contributed by atoms with E-state index in [1.165, 1.54) is 0 Å². The lowest BCUT2D eigenvalue weighted by atomic mass is 10.1. The number of rotatable bonds is 7. The fraction of sp³-hybridized carbons (Fsp3) is 0.160. The summed E-state index contributed by atoms with van der Waals surface area (Å²) in [7, 11) is 3.27. The number of aromatic amines is 1. The lowest BCUT2D eigenvalue weighted by Crippen LogP contribution is -2.42. The SMILES string of the molecule is COc1ccc(CN(Cc2ccc(OC)cc2)C(=S)NC(=O)c2nc3ccccc3[nH]2)cc1. The number of benzene rings is 3. The van der Waals surface area contributed by atoms with Gasteiger partial charge in [0.05, 0.1) is 25.3 Å². The van der Waals surface area contributed by atoms with Crippen molar-refractivity contribution in [3.05, 3.63) is 89.7 Å². The second-order valence-corrected chi connectivity index (χ2v) is 7.80. The summed E-state index contributed by atoms with van der Waals surface area (Å²) in [6, 6.07) is 23.0. The van der Waals surface area contributed by atoms with E-state index in [0.29, 0.717) is 18.2 Å². The van der Waals surface area contributed by atoms with Crippen molar-refractivity contribution in [1.29, 1.82) is 0 Å². The van der Waals surface area contributed by atoms with E-state index in [4.69, 9.17) is 21.7 Å². The van der Waals surface area contributed by atoms with Gasteiger partial charge in [-0.3, -0.25) is 10.1 Å². The number of para-hydroxylation sites is 2. The Balaban J connectivity index is 1.53. The van der Waals surface area contributed by atoms with E-state index in [9.17, 15) is 4.79 Å². The van der Waals surface area contributed by atoms with Crippen LogP contribution in [0.2, 0.25) is 0 Å². The van der Waals surface area contributed by atoms with Gasteiger partial charge in [-0.15, -0.1) is 0 Å². The van der Waals surface area contributed by atoms with Gasteiger partial charge in [-0.1, -0.05) is 36.4 Å². The summed E-state index contributed by atoms with van der Waals surface area (Å²) >= 11 is 5.63. The van der Waals surface area contributed by atoms with Crippen molar-refractivity contribution in [3.8, 4) is 11.5 Å². The van der Waals surface area contributed by atoms with Crippen LogP contribution in [0, 0.1) is 0 Å². The molecule has 0 spiro atoms. The molecule has 2 N–H and O–H groups in total. The molecule has 1 amide bonds. The van der Waals surface area contributed by atoms with Gasteiger partial charge in [0.25, 0.3) is 5.91 Å². The largest absolute Gasteiger partial charge is 0.497 e. The number of ether oxygens (including phenoxy) is 2. The Morgan fingerprint density at radius 3 is 1.97 bits per heavy atom. The third-order valence-electron chi connectivity index (χ3n) is 5.18. The van der Waals surface area contributed by atoms with Gasteiger partial charge in [0, 0.05) is 13.1 Å². The lowest BCUT2D eigenvalue weighted by Gasteiger charge is -2.25. The van der Waals surface area contributed by atoms with E-state index < -0.39 is 0 Å². The zero-order valence-electron chi connectivity index (χ0n) is 18.4. The number of imidazole rings is 1. The van der Waals surface area contributed by atoms with Gasteiger partial charge < -0.3 is 19.4 Å². The van der Waals surface area contributed by atoms with Gasteiger partial charge in [-0.2, -0.15) is 0 Å². The molecule has 0 saturated heterocycles. The Morgan fingerprint density at radius 1 is 0.909 bits per heavy atom. The number of amides is 1. The molecule has 1 aromatic heterocycles. The van der Waals surface area contributed by atoms with E-state index >= 15 is 0 Å². The quantitative estimate of drug-likeness (QED) is 0.401. The second kappa shape index (κ2) is 10.1. The number of aromatic nitrogens is 2. The highest BCUT2D eigenvalue weighted by molar-refractivity contribution is 7.80. The number of methoxy groups -OCH3 is 2. The summed E-state index contributed by atoms with van der Waals surface area (Å²) in [5.74, 6) is 1.39. The number of H-pyrrole nitrogens is 1.